The molecule has 0 aliphatic heterocycles. The first-order chi connectivity index (χ1) is 9.29. The van der Waals surface area contributed by atoms with Crippen molar-refractivity contribution in [3.05, 3.63) is 18.7 Å². The maximum Gasteiger partial charge on any atom is 0.0946 e. The molecule has 20 heavy (non-hydrogen) atoms. The van der Waals surface area contributed by atoms with Crippen LogP contribution in [0.4, 0.5) is 0 Å². The molecular formula is C17H31N3. The standard InChI is InChI=1S/C17H31N3/c1-16(2,3)15(12-20-11-10-18-13-20)19-14-8-6-7-9-17(14,4)5/h10-11,13-15,19H,6-9,12H2,1-5H3. The molecule has 3 heteroatoms. The maximum atomic E-state index is 4.17. The Bertz CT molecular complexity index is 400. The van der Waals surface area contributed by atoms with E-state index in [1.807, 2.05) is 12.5 Å². The third kappa shape index (κ3) is 3.85. The topological polar surface area (TPSA) is 29.9 Å². The highest BCUT2D eigenvalue weighted by atomic mass is 15.1. The zero-order valence-electron chi connectivity index (χ0n) is 13.8. The van der Waals surface area contributed by atoms with E-state index in [2.05, 4.69) is 55.7 Å². The van der Waals surface area contributed by atoms with Gasteiger partial charge in [0.2, 0.25) is 0 Å². The van der Waals surface area contributed by atoms with Crippen molar-refractivity contribution in [2.45, 2.75) is 78.9 Å². The Balaban J connectivity index is 2.07. The van der Waals surface area contributed by atoms with Gasteiger partial charge in [0, 0.05) is 31.0 Å². The van der Waals surface area contributed by atoms with Crippen molar-refractivity contribution in [2.75, 3.05) is 0 Å². The highest BCUT2D eigenvalue weighted by Gasteiger charge is 2.36. The van der Waals surface area contributed by atoms with Crippen molar-refractivity contribution < 1.29 is 0 Å². The van der Waals surface area contributed by atoms with Crippen molar-refractivity contribution in [3.63, 3.8) is 0 Å². The summed E-state index contributed by atoms with van der Waals surface area (Å²) in [5.41, 5.74) is 0.661. The molecule has 0 saturated heterocycles. The Kier molecular flexibility index (Phi) is 4.58. The summed E-state index contributed by atoms with van der Waals surface area (Å²) in [5, 5.41) is 3.98. The number of hydrogen-bond donors (Lipinski definition) is 1. The fraction of sp³-hybridized carbons (Fsp3) is 0.824. The van der Waals surface area contributed by atoms with Gasteiger partial charge in [0.15, 0.2) is 0 Å². The van der Waals surface area contributed by atoms with Crippen LogP contribution in [0, 0.1) is 10.8 Å². The van der Waals surface area contributed by atoms with Crippen LogP contribution in [0.5, 0.6) is 0 Å². The van der Waals surface area contributed by atoms with Crippen LogP contribution in [-0.4, -0.2) is 21.6 Å². The largest absolute Gasteiger partial charge is 0.336 e. The highest BCUT2D eigenvalue weighted by molar-refractivity contribution is 4.93. The third-order valence-electron chi connectivity index (χ3n) is 4.91. The van der Waals surface area contributed by atoms with Crippen molar-refractivity contribution in [1.82, 2.24) is 14.9 Å². The Hall–Kier alpha value is -0.830. The zero-order chi connectivity index (χ0) is 14.8. The van der Waals surface area contributed by atoms with Gasteiger partial charge in [-0.1, -0.05) is 47.5 Å². The smallest absolute Gasteiger partial charge is 0.0946 e. The summed E-state index contributed by atoms with van der Waals surface area (Å²) >= 11 is 0. The van der Waals surface area contributed by atoms with Gasteiger partial charge in [-0.05, 0) is 23.7 Å². The second kappa shape index (κ2) is 5.88. The summed E-state index contributed by atoms with van der Waals surface area (Å²) in [6, 6.07) is 1.10. The molecule has 0 spiro atoms. The van der Waals surface area contributed by atoms with E-state index in [9.17, 15) is 0 Å². The molecule has 2 rings (SSSR count). The van der Waals surface area contributed by atoms with Gasteiger partial charge in [-0.25, -0.2) is 4.98 Å². The van der Waals surface area contributed by atoms with Gasteiger partial charge < -0.3 is 9.88 Å². The summed E-state index contributed by atoms with van der Waals surface area (Å²) in [4.78, 5) is 4.17. The number of rotatable bonds is 4. The normalized spacial score (nSPS) is 24.6. The van der Waals surface area contributed by atoms with Crippen LogP contribution in [0.3, 0.4) is 0 Å². The fourth-order valence-corrected chi connectivity index (χ4v) is 3.23. The number of nitrogens with one attached hydrogen (secondary N) is 1. The summed E-state index contributed by atoms with van der Waals surface area (Å²) < 4.78 is 2.19. The van der Waals surface area contributed by atoms with Gasteiger partial charge in [0.05, 0.1) is 6.33 Å². The quantitative estimate of drug-likeness (QED) is 0.905. The molecule has 114 valence electrons. The minimum Gasteiger partial charge on any atom is -0.336 e. The SMILES string of the molecule is CC(C)(C)C(Cn1ccnc1)NC1CCCCC1(C)C. The summed E-state index contributed by atoms with van der Waals surface area (Å²) in [5.74, 6) is 0. The van der Waals surface area contributed by atoms with Gasteiger partial charge in [-0.3, -0.25) is 0 Å². The highest BCUT2D eigenvalue weighted by Crippen LogP contribution is 2.36. The molecule has 1 aliphatic rings. The van der Waals surface area contributed by atoms with Crippen molar-refractivity contribution in [3.8, 4) is 0 Å². The van der Waals surface area contributed by atoms with Crippen LogP contribution in [0.15, 0.2) is 18.7 Å². The van der Waals surface area contributed by atoms with Crippen LogP contribution in [0.2, 0.25) is 0 Å². The van der Waals surface area contributed by atoms with Crippen molar-refractivity contribution in [2.24, 2.45) is 10.8 Å². The molecule has 1 saturated carbocycles. The average molecular weight is 277 g/mol. The Morgan fingerprint density at radius 1 is 1.35 bits per heavy atom. The number of nitrogens with zero attached hydrogens (tertiary/aromatic N) is 2. The maximum absolute atomic E-state index is 4.17. The molecule has 1 N–H and O–H groups in total. The first-order valence-corrected chi connectivity index (χ1v) is 8.01. The van der Waals surface area contributed by atoms with E-state index in [1.165, 1.54) is 25.7 Å². The van der Waals surface area contributed by atoms with E-state index in [-0.39, 0.29) is 5.41 Å². The predicted molar refractivity (Wildman–Crippen MR) is 84.6 cm³/mol. The van der Waals surface area contributed by atoms with Gasteiger partial charge in [-0.2, -0.15) is 0 Å². The van der Waals surface area contributed by atoms with Crippen LogP contribution in [-0.2, 0) is 6.54 Å². The van der Waals surface area contributed by atoms with Gasteiger partial charge in [0.1, 0.15) is 0 Å². The molecule has 1 aromatic heterocycles. The third-order valence-corrected chi connectivity index (χ3v) is 4.91. The monoisotopic (exact) mass is 277 g/mol. The van der Waals surface area contributed by atoms with E-state index in [1.54, 1.807) is 0 Å². The first-order valence-electron chi connectivity index (χ1n) is 8.01. The van der Waals surface area contributed by atoms with E-state index >= 15 is 0 Å². The molecule has 1 aliphatic carbocycles. The number of imidazole rings is 1. The second-order valence-corrected chi connectivity index (χ2v) is 8.13. The Labute approximate surface area is 124 Å². The first kappa shape index (κ1) is 15.6. The van der Waals surface area contributed by atoms with Crippen LogP contribution in [0.25, 0.3) is 0 Å². The molecular weight excluding hydrogens is 246 g/mol. The lowest BCUT2D eigenvalue weighted by Crippen LogP contribution is -2.54. The van der Waals surface area contributed by atoms with Crippen molar-refractivity contribution in [1.29, 1.82) is 0 Å². The molecule has 1 aromatic rings. The molecule has 0 aromatic carbocycles. The number of aromatic nitrogens is 2. The molecule has 1 heterocycles. The van der Waals surface area contributed by atoms with Crippen molar-refractivity contribution >= 4 is 0 Å². The fourth-order valence-electron chi connectivity index (χ4n) is 3.23. The summed E-state index contributed by atoms with van der Waals surface area (Å²) in [7, 11) is 0. The molecule has 0 radical (unpaired) electrons. The van der Waals surface area contributed by atoms with Crippen LogP contribution < -0.4 is 5.32 Å². The zero-order valence-corrected chi connectivity index (χ0v) is 13.8. The lowest BCUT2D eigenvalue weighted by Gasteiger charge is -2.44. The van der Waals surface area contributed by atoms with E-state index in [4.69, 9.17) is 0 Å². The molecule has 3 nitrogen and oxygen atoms in total. The Morgan fingerprint density at radius 3 is 2.65 bits per heavy atom. The Morgan fingerprint density at radius 2 is 2.10 bits per heavy atom. The second-order valence-electron chi connectivity index (χ2n) is 8.13. The molecule has 0 bridgehead atoms. The number of hydrogen-bond acceptors (Lipinski definition) is 2. The van der Waals surface area contributed by atoms with Gasteiger partial charge >= 0.3 is 0 Å². The van der Waals surface area contributed by atoms with Gasteiger partial charge in [0.25, 0.3) is 0 Å². The van der Waals surface area contributed by atoms with E-state index in [0.717, 1.165) is 6.54 Å². The molecule has 0 amide bonds. The molecule has 1 fully saturated rings. The van der Waals surface area contributed by atoms with E-state index in [0.29, 0.717) is 17.5 Å². The predicted octanol–water partition coefficient (Wildman–Crippen LogP) is 3.86. The molecule has 2 atom stereocenters. The summed E-state index contributed by atoms with van der Waals surface area (Å²) in [6.07, 6.45) is 11.2. The van der Waals surface area contributed by atoms with E-state index < -0.39 is 0 Å². The lowest BCUT2D eigenvalue weighted by atomic mass is 9.72. The average Bonchev–Trinajstić information content (AvgIpc) is 2.82. The minimum absolute atomic E-state index is 0.248. The van der Waals surface area contributed by atoms with Gasteiger partial charge in [-0.15, -0.1) is 0 Å². The molecule has 2 unspecified atom stereocenters. The minimum atomic E-state index is 0.248. The van der Waals surface area contributed by atoms with Crippen LogP contribution in [0.1, 0.15) is 60.3 Å². The van der Waals surface area contributed by atoms with Crippen LogP contribution >= 0.6 is 0 Å². The summed E-state index contributed by atoms with van der Waals surface area (Å²) in [6.45, 7) is 12.8. The lowest BCUT2D eigenvalue weighted by molar-refractivity contribution is 0.119.